The third-order valence-corrected chi connectivity index (χ3v) is 3.66. The van der Waals surface area contributed by atoms with Crippen LogP contribution in [0.5, 0.6) is 11.5 Å². The zero-order chi connectivity index (χ0) is 15.7. The number of nitrogens with two attached hydrogens (primary N) is 1. The summed E-state index contributed by atoms with van der Waals surface area (Å²) in [7, 11) is 0. The molecule has 1 aromatic heterocycles. The molecule has 0 spiro atoms. The summed E-state index contributed by atoms with van der Waals surface area (Å²) in [5.41, 5.74) is 8.86. The number of aromatic nitrogens is 1. The first-order chi connectivity index (χ1) is 10.5. The van der Waals surface area contributed by atoms with Crippen LogP contribution in [-0.4, -0.2) is 9.67 Å². The monoisotopic (exact) mass is 296 g/mol. The van der Waals surface area contributed by atoms with E-state index >= 15 is 0 Å². The Morgan fingerprint density at radius 3 is 2.68 bits per heavy atom. The second-order valence-electron chi connectivity index (χ2n) is 5.70. The molecule has 114 valence electrons. The minimum Gasteiger partial charge on any atom is -0.508 e. The van der Waals surface area contributed by atoms with E-state index in [1.54, 1.807) is 18.2 Å². The number of phenols is 1. The van der Waals surface area contributed by atoms with Crippen molar-refractivity contribution in [1.29, 1.82) is 0 Å². The molecule has 0 aliphatic carbocycles. The van der Waals surface area contributed by atoms with Crippen molar-refractivity contribution in [2.75, 3.05) is 5.73 Å². The average Bonchev–Trinajstić information content (AvgIpc) is 2.82. The molecule has 0 atom stereocenters. The Morgan fingerprint density at radius 1 is 1.14 bits per heavy atom. The summed E-state index contributed by atoms with van der Waals surface area (Å²) in [6.45, 7) is 4.73. The lowest BCUT2D eigenvalue weighted by atomic mass is 10.2. The standard InChI is InChI=1S/C18H20N2O2/c1-12(2)20-15(9-13-8-14(19)6-7-18(13)20)11-22-17-5-3-4-16(21)10-17/h3-10,12,21H,11,19H2,1-2H3. The molecule has 0 radical (unpaired) electrons. The first-order valence-corrected chi connectivity index (χ1v) is 7.36. The third-order valence-electron chi connectivity index (χ3n) is 3.66. The number of ether oxygens (including phenoxy) is 1. The smallest absolute Gasteiger partial charge is 0.128 e. The molecule has 3 aromatic rings. The molecule has 0 fully saturated rings. The molecule has 0 unspecified atom stereocenters. The van der Waals surface area contributed by atoms with Crippen LogP contribution in [0.25, 0.3) is 10.9 Å². The van der Waals surface area contributed by atoms with E-state index in [2.05, 4.69) is 24.5 Å². The molecule has 3 rings (SSSR count). The molecule has 1 heterocycles. The number of aromatic hydroxyl groups is 1. The lowest BCUT2D eigenvalue weighted by Gasteiger charge is -2.15. The predicted octanol–water partition coefficient (Wildman–Crippen LogP) is 4.09. The first-order valence-electron chi connectivity index (χ1n) is 7.36. The fraction of sp³-hybridized carbons (Fsp3) is 0.222. The Bertz CT molecular complexity index is 806. The summed E-state index contributed by atoms with van der Waals surface area (Å²) in [6.07, 6.45) is 0. The van der Waals surface area contributed by atoms with Gasteiger partial charge in [-0.2, -0.15) is 0 Å². The number of anilines is 1. The molecule has 2 aromatic carbocycles. The highest BCUT2D eigenvalue weighted by atomic mass is 16.5. The second kappa shape index (κ2) is 5.64. The molecule has 0 amide bonds. The Hall–Kier alpha value is -2.62. The van der Waals surface area contributed by atoms with Crippen LogP contribution < -0.4 is 10.5 Å². The van der Waals surface area contributed by atoms with Crippen molar-refractivity contribution >= 4 is 16.6 Å². The van der Waals surface area contributed by atoms with Gasteiger partial charge < -0.3 is 20.1 Å². The van der Waals surface area contributed by atoms with Crippen molar-refractivity contribution in [1.82, 2.24) is 4.57 Å². The van der Waals surface area contributed by atoms with E-state index in [0.29, 0.717) is 18.4 Å². The lowest BCUT2D eigenvalue weighted by molar-refractivity contribution is 0.291. The maximum atomic E-state index is 9.50. The molecule has 0 saturated carbocycles. The highest BCUT2D eigenvalue weighted by Gasteiger charge is 2.12. The van der Waals surface area contributed by atoms with Gasteiger partial charge >= 0.3 is 0 Å². The topological polar surface area (TPSA) is 60.4 Å². The zero-order valence-electron chi connectivity index (χ0n) is 12.8. The van der Waals surface area contributed by atoms with Crippen molar-refractivity contribution in [3.63, 3.8) is 0 Å². The maximum absolute atomic E-state index is 9.50. The summed E-state index contributed by atoms with van der Waals surface area (Å²) in [5, 5.41) is 10.6. The lowest BCUT2D eigenvalue weighted by Crippen LogP contribution is -2.08. The van der Waals surface area contributed by atoms with Gasteiger partial charge in [-0.1, -0.05) is 6.07 Å². The molecule has 0 saturated heterocycles. The Morgan fingerprint density at radius 2 is 1.95 bits per heavy atom. The van der Waals surface area contributed by atoms with Crippen LogP contribution in [-0.2, 0) is 6.61 Å². The summed E-state index contributed by atoms with van der Waals surface area (Å²) in [5.74, 6) is 0.856. The normalized spacial score (nSPS) is 11.2. The number of phenolic OH excluding ortho intramolecular Hbond substituents is 1. The van der Waals surface area contributed by atoms with Crippen LogP contribution in [0.2, 0.25) is 0 Å². The van der Waals surface area contributed by atoms with E-state index in [1.807, 2.05) is 24.3 Å². The molecule has 0 aliphatic heterocycles. The highest BCUT2D eigenvalue weighted by Crippen LogP contribution is 2.27. The van der Waals surface area contributed by atoms with E-state index in [0.717, 1.165) is 22.3 Å². The van der Waals surface area contributed by atoms with E-state index in [9.17, 15) is 5.11 Å². The molecule has 3 N–H and O–H groups in total. The summed E-state index contributed by atoms with van der Waals surface area (Å²) in [4.78, 5) is 0. The molecule has 4 nitrogen and oxygen atoms in total. The number of hydrogen-bond donors (Lipinski definition) is 2. The van der Waals surface area contributed by atoms with Gasteiger partial charge in [0.25, 0.3) is 0 Å². The van der Waals surface area contributed by atoms with Crippen LogP contribution in [0.3, 0.4) is 0 Å². The van der Waals surface area contributed by atoms with Crippen molar-refractivity contribution in [3.05, 3.63) is 54.2 Å². The number of fused-ring (bicyclic) bond motifs is 1. The zero-order valence-corrected chi connectivity index (χ0v) is 12.8. The SMILES string of the molecule is CC(C)n1c(COc2cccc(O)c2)cc2cc(N)ccc21. The van der Waals surface area contributed by atoms with Crippen LogP contribution >= 0.6 is 0 Å². The van der Waals surface area contributed by atoms with E-state index in [1.165, 1.54) is 0 Å². The summed E-state index contributed by atoms with van der Waals surface area (Å²) >= 11 is 0. The number of nitrogens with zero attached hydrogens (tertiary/aromatic N) is 1. The molecular formula is C18H20N2O2. The van der Waals surface area contributed by atoms with Gasteiger partial charge in [0.2, 0.25) is 0 Å². The molecule has 0 aliphatic rings. The van der Waals surface area contributed by atoms with Gasteiger partial charge in [-0.3, -0.25) is 0 Å². The summed E-state index contributed by atoms with van der Waals surface area (Å²) < 4.78 is 8.06. The molecular weight excluding hydrogens is 276 g/mol. The van der Waals surface area contributed by atoms with Gasteiger partial charge in [-0.15, -0.1) is 0 Å². The van der Waals surface area contributed by atoms with E-state index < -0.39 is 0 Å². The van der Waals surface area contributed by atoms with Gasteiger partial charge in [-0.05, 0) is 50.2 Å². The minimum atomic E-state index is 0.203. The Labute approximate surface area is 129 Å². The third kappa shape index (κ3) is 2.72. The molecule has 22 heavy (non-hydrogen) atoms. The number of benzene rings is 2. The van der Waals surface area contributed by atoms with Crippen molar-refractivity contribution < 1.29 is 9.84 Å². The van der Waals surface area contributed by atoms with Gasteiger partial charge in [0, 0.05) is 28.7 Å². The van der Waals surface area contributed by atoms with Crippen molar-refractivity contribution in [2.45, 2.75) is 26.5 Å². The number of rotatable bonds is 4. The fourth-order valence-corrected chi connectivity index (χ4v) is 2.76. The van der Waals surface area contributed by atoms with Crippen molar-refractivity contribution in [2.24, 2.45) is 0 Å². The second-order valence-corrected chi connectivity index (χ2v) is 5.70. The average molecular weight is 296 g/mol. The van der Waals surface area contributed by atoms with Crippen LogP contribution in [0.1, 0.15) is 25.6 Å². The van der Waals surface area contributed by atoms with E-state index in [4.69, 9.17) is 10.5 Å². The van der Waals surface area contributed by atoms with Gasteiger partial charge in [0.15, 0.2) is 0 Å². The van der Waals surface area contributed by atoms with Crippen LogP contribution in [0.15, 0.2) is 48.5 Å². The number of nitrogen functional groups attached to an aromatic ring is 1. The van der Waals surface area contributed by atoms with Gasteiger partial charge in [-0.25, -0.2) is 0 Å². The number of hydrogen-bond acceptors (Lipinski definition) is 3. The Kier molecular flexibility index (Phi) is 3.67. The van der Waals surface area contributed by atoms with Gasteiger partial charge in [0.05, 0.1) is 5.69 Å². The predicted molar refractivity (Wildman–Crippen MR) is 89.2 cm³/mol. The fourth-order valence-electron chi connectivity index (χ4n) is 2.76. The summed E-state index contributed by atoms with van der Waals surface area (Å²) in [6, 6.07) is 15.2. The Balaban J connectivity index is 1.94. The maximum Gasteiger partial charge on any atom is 0.128 e. The van der Waals surface area contributed by atoms with E-state index in [-0.39, 0.29) is 5.75 Å². The van der Waals surface area contributed by atoms with Crippen LogP contribution in [0, 0.1) is 0 Å². The highest BCUT2D eigenvalue weighted by molar-refractivity contribution is 5.84. The largest absolute Gasteiger partial charge is 0.508 e. The van der Waals surface area contributed by atoms with Crippen molar-refractivity contribution in [3.8, 4) is 11.5 Å². The minimum absolute atomic E-state index is 0.203. The van der Waals surface area contributed by atoms with Gasteiger partial charge in [0.1, 0.15) is 18.1 Å². The van der Waals surface area contributed by atoms with Crippen LogP contribution in [0.4, 0.5) is 5.69 Å². The first kappa shape index (κ1) is 14.3. The quantitative estimate of drug-likeness (QED) is 0.713. The molecule has 0 bridgehead atoms. The molecule has 4 heteroatoms.